The van der Waals surface area contributed by atoms with Crippen LogP contribution in [0.25, 0.3) is 0 Å². The van der Waals surface area contributed by atoms with Crippen LogP contribution >= 0.6 is 25.3 Å². The van der Waals surface area contributed by atoms with Crippen molar-refractivity contribution in [3.8, 4) is 0 Å². The molecule has 2 fully saturated rings. The van der Waals surface area contributed by atoms with Crippen molar-refractivity contribution in [2.24, 2.45) is 0 Å². The fourth-order valence-electron chi connectivity index (χ4n) is 4.51. The highest BCUT2D eigenvalue weighted by atomic mass is 32.1. The van der Waals surface area contributed by atoms with Gasteiger partial charge in [-0.1, -0.05) is 29.1 Å². The Kier molecular flexibility index (Phi) is 9.37. The lowest BCUT2D eigenvalue weighted by Gasteiger charge is -2.43. The summed E-state index contributed by atoms with van der Waals surface area (Å²) >= 11 is 8.96. The summed E-state index contributed by atoms with van der Waals surface area (Å²) in [6.45, 7) is 9.24. The van der Waals surface area contributed by atoms with E-state index in [1.54, 1.807) is 0 Å². The van der Waals surface area contributed by atoms with Gasteiger partial charge in [-0.2, -0.15) is 12.6 Å². The van der Waals surface area contributed by atoms with E-state index in [1.165, 1.54) is 19.3 Å². The van der Waals surface area contributed by atoms with Crippen LogP contribution in [0.4, 0.5) is 4.48 Å². The highest BCUT2D eigenvalue weighted by molar-refractivity contribution is 7.84. The van der Waals surface area contributed by atoms with Crippen LogP contribution in [0.3, 0.4) is 0 Å². The Labute approximate surface area is 197 Å². The van der Waals surface area contributed by atoms with E-state index in [-0.39, 0.29) is 17.7 Å². The first-order valence-corrected chi connectivity index (χ1v) is 12.4. The molecule has 0 radical (unpaired) electrons. The number of piperazine rings is 1. The van der Waals surface area contributed by atoms with Gasteiger partial charge in [0.1, 0.15) is 0 Å². The molecule has 1 saturated heterocycles. The number of thiol groups is 2. The summed E-state index contributed by atoms with van der Waals surface area (Å²) in [6.07, 6.45) is 10.3. The Morgan fingerprint density at radius 3 is 2.52 bits per heavy atom. The molecule has 1 aliphatic carbocycles. The molecule has 1 saturated carbocycles. The van der Waals surface area contributed by atoms with Gasteiger partial charge in [0.25, 0.3) is 0 Å². The number of carbonyl (C=O) groups is 1. The number of halogens is 1. The minimum atomic E-state index is 0.0625. The van der Waals surface area contributed by atoms with Crippen molar-refractivity contribution in [1.29, 1.82) is 0 Å². The van der Waals surface area contributed by atoms with E-state index < -0.39 is 0 Å². The molecule has 1 amide bonds. The molecule has 1 unspecified atom stereocenters. The second kappa shape index (κ2) is 11.8. The third-order valence-electron chi connectivity index (χ3n) is 6.44. The summed E-state index contributed by atoms with van der Waals surface area (Å²) in [5.74, 6) is 0.177. The minimum Gasteiger partial charge on any atom is -0.339 e. The molecule has 0 bridgehead atoms. The van der Waals surface area contributed by atoms with Crippen molar-refractivity contribution in [2.75, 3.05) is 52.4 Å². The molecule has 3 rings (SSSR count). The Bertz CT molecular complexity index is 712. The van der Waals surface area contributed by atoms with Crippen LogP contribution < -0.4 is 0 Å². The molecule has 0 N–H and O–H groups in total. The largest absolute Gasteiger partial charge is 0.339 e. The van der Waals surface area contributed by atoms with Gasteiger partial charge in [0.2, 0.25) is 5.91 Å². The van der Waals surface area contributed by atoms with Gasteiger partial charge in [0.15, 0.2) is 0 Å². The van der Waals surface area contributed by atoms with E-state index in [0.717, 1.165) is 42.9 Å². The Hall–Kier alpha value is -0.960. The van der Waals surface area contributed by atoms with Crippen molar-refractivity contribution in [3.05, 3.63) is 34.4 Å². The molecule has 0 aromatic heterocycles. The Morgan fingerprint density at radius 2 is 1.97 bits per heavy atom. The van der Waals surface area contributed by atoms with Crippen LogP contribution in [-0.2, 0) is 4.79 Å². The SMILES string of the molecule is C/C=C\C(=C/C(C)S)CN(F)C1=C(S)CN(CC(=O)N2CCN(C3CCC3)CC2)CC1. The van der Waals surface area contributed by atoms with Crippen LogP contribution in [0, 0.1) is 0 Å². The zero-order valence-corrected chi connectivity index (χ0v) is 20.6. The summed E-state index contributed by atoms with van der Waals surface area (Å²) in [5.41, 5.74) is 1.50. The van der Waals surface area contributed by atoms with Crippen LogP contribution in [0.1, 0.15) is 39.5 Å². The van der Waals surface area contributed by atoms with Crippen molar-refractivity contribution in [1.82, 2.24) is 19.8 Å². The monoisotopic (exact) mass is 468 g/mol. The van der Waals surface area contributed by atoms with Gasteiger partial charge in [-0.05, 0) is 32.3 Å². The standard InChI is InChI=1S/C23H37FN4OS2/c1-3-5-19(14-18(2)30)15-28(24)21-8-9-25(16-22(21)31)17-23(29)27-12-10-26(11-13-27)20-6-4-7-20/h3,5,14,18,20,30-31H,4,6-13,15-17H2,1-2H3/b5-3-,19-14+. The molecule has 0 aromatic rings. The Morgan fingerprint density at radius 1 is 1.26 bits per heavy atom. The maximum absolute atomic E-state index is 14.9. The molecule has 2 aliphatic heterocycles. The lowest BCUT2D eigenvalue weighted by Crippen LogP contribution is -2.55. The van der Waals surface area contributed by atoms with E-state index in [2.05, 4.69) is 35.1 Å². The van der Waals surface area contributed by atoms with Crippen molar-refractivity contribution in [2.45, 2.75) is 50.8 Å². The zero-order chi connectivity index (χ0) is 22.4. The van der Waals surface area contributed by atoms with Gasteiger partial charge in [0.05, 0.1) is 18.8 Å². The van der Waals surface area contributed by atoms with Gasteiger partial charge in [-0.25, -0.2) is 5.12 Å². The molecule has 0 spiro atoms. The summed E-state index contributed by atoms with van der Waals surface area (Å²) in [6, 6.07) is 0.748. The van der Waals surface area contributed by atoms with Gasteiger partial charge >= 0.3 is 0 Å². The van der Waals surface area contributed by atoms with Crippen molar-refractivity contribution < 1.29 is 9.28 Å². The normalized spacial score (nSPS) is 23.4. The average molecular weight is 469 g/mol. The number of allylic oxidation sites excluding steroid dienone is 1. The number of nitrogens with zero attached hydrogens (tertiary/aromatic N) is 4. The number of rotatable bonds is 8. The molecule has 1 atom stereocenters. The van der Waals surface area contributed by atoms with Gasteiger partial charge in [0, 0.05) is 61.9 Å². The summed E-state index contributed by atoms with van der Waals surface area (Å²) in [5, 5.41) is 0.857. The molecule has 0 aromatic carbocycles. The Balaban J connectivity index is 1.48. The van der Waals surface area contributed by atoms with Crippen LogP contribution in [0.5, 0.6) is 0 Å². The number of carbonyl (C=O) groups excluding carboxylic acids is 1. The molecular formula is C23H37FN4OS2. The van der Waals surface area contributed by atoms with Gasteiger partial charge in [-0.15, -0.1) is 12.6 Å². The first-order chi connectivity index (χ1) is 14.9. The molecular weight excluding hydrogens is 431 g/mol. The third-order valence-corrected chi connectivity index (χ3v) is 6.99. The quantitative estimate of drug-likeness (QED) is 0.324. The average Bonchev–Trinajstić information content (AvgIpc) is 2.67. The maximum atomic E-state index is 14.9. The highest BCUT2D eigenvalue weighted by Gasteiger charge is 2.30. The smallest absolute Gasteiger partial charge is 0.236 e. The second-order valence-electron chi connectivity index (χ2n) is 8.86. The third kappa shape index (κ3) is 7.01. The second-order valence-corrected chi connectivity index (χ2v) is 10.2. The molecule has 3 aliphatic rings. The summed E-state index contributed by atoms with van der Waals surface area (Å²) in [4.78, 5) is 20.1. The van der Waals surface area contributed by atoms with Gasteiger partial charge in [-0.3, -0.25) is 14.6 Å². The van der Waals surface area contributed by atoms with E-state index in [4.69, 9.17) is 0 Å². The minimum absolute atomic E-state index is 0.0625. The van der Waals surface area contributed by atoms with Crippen molar-refractivity contribution >= 4 is 31.2 Å². The fourth-order valence-corrected chi connectivity index (χ4v) is 5.12. The van der Waals surface area contributed by atoms with E-state index >= 15 is 0 Å². The first kappa shape index (κ1) is 24.7. The number of hydrogen-bond acceptors (Lipinski definition) is 6. The molecule has 5 nitrogen and oxygen atoms in total. The topological polar surface area (TPSA) is 30.0 Å². The van der Waals surface area contributed by atoms with E-state index in [1.807, 2.05) is 37.0 Å². The van der Waals surface area contributed by atoms with Crippen molar-refractivity contribution in [3.63, 3.8) is 0 Å². The molecule has 2 heterocycles. The predicted octanol–water partition coefficient (Wildman–Crippen LogP) is 3.54. The number of amides is 1. The first-order valence-electron chi connectivity index (χ1n) is 11.5. The maximum Gasteiger partial charge on any atom is 0.236 e. The van der Waals surface area contributed by atoms with Crippen LogP contribution in [0.15, 0.2) is 34.4 Å². The van der Waals surface area contributed by atoms with Crippen LogP contribution in [-0.4, -0.2) is 89.4 Å². The lowest BCUT2D eigenvalue weighted by atomic mass is 9.91. The molecule has 8 heteroatoms. The number of hydrogen-bond donors (Lipinski definition) is 2. The molecule has 174 valence electrons. The van der Waals surface area contributed by atoms with E-state index in [9.17, 15) is 9.28 Å². The predicted molar refractivity (Wildman–Crippen MR) is 132 cm³/mol. The highest BCUT2D eigenvalue weighted by Crippen LogP contribution is 2.27. The molecule has 31 heavy (non-hydrogen) atoms. The fraction of sp³-hybridized carbons (Fsp3) is 0.696. The van der Waals surface area contributed by atoms with Crippen LogP contribution in [0.2, 0.25) is 0 Å². The zero-order valence-electron chi connectivity index (χ0n) is 18.8. The lowest BCUT2D eigenvalue weighted by molar-refractivity contribution is -0.134. The van der Waals surface area contributed by atoms with E-state index in [0.29, 0.717) is 36.7 Å². The van der Waals surface area contributed by atoms with Gasteiger partial charge < -0.3 is 4.90 Å². The summed E-state index contributed by atoms with van der Waals surface area (Å²) in [7, 11) is 0. The summed E-state index contributed by atoms with van der Waals surface area (Å²) < 4.78 is 14.9.